The molecule has 152 valence electrons. The van der Waals surface area contributed by atoms with Gasteiger partial charge in [0, 0.05) is 31.6 Å². The van der Waals surface area contributed by atoms with E-state index in [1.54, 1.807) is 6.92 Å². The Labute approximate surface area is 164 Å². The van der Waals surface area contributed by atoms with Crippen LogP contribution in [0.25, 0.3) is 6.08 Å². The number of carboxylic acids is 1. The van der Waals surface area contributed by atoms with Crippen molar-refractivity contribution >= 4 is 23.7 Å². The molecule has 2 aliphatic heterocycles. The topological polar surface area (TPSA) is 85.3 Å². The number of esters is 1. The van der Waals surface area contributed by atoms with Crippen LogP contribution in [0.3, 0.4) is 0 Å². The van der Waals surface area contributed by atoms with Gasteiger partial charge in [-0.3, -0.25) is 0 Å². The number of hydrogen-bond donors (Lipinski definition) is 1. The summed E-state index contributed by atoms with van der Waals surface area (Å²) in [6.45, 7) is 6.58. The monoisotopic (exact) mass is 389 g/mol. The second kappa shape index (κ2) is 8.75. The predicted octanol–water partition coefficient (Wildman–Crippen LogP) is 2.84. The number of aliphatic carboxylic acids is 1. The maximum atomic E-state index is 12.1. The molecule has 28 heavy (non-hydrogen) atoms. The molecule has 1 aromatic carbocycles. The lowest BCUT2D eigenvalue weighted by Gasteiger charge is -2.38. The Bertz CT molecular complexity index is 726. The van der Waals surface area contributed by atoms with Crippen LogP contribution < -0.4 is 4.90 Å². The van der Waals surface area contributed by atoms with E-state index in [0.717, 1.165) is 31.6 Å². The lowest BCUT2D eigenvalue weighted by Crippen LogP contribution is -2.45. The summed E-state index contributed by atoms with van der Waals surface area (Å²) in [4.78, 5) is 25.8. The fraction of sp³-hybridized carbons (Fsp3) is 0.524. The summed E-state index contributed by atoms with van der Waals surface area (Å²) in [5, 5.41) is 9.35. The van der Waals surface area contributed by atoms with Gasteiger partial charge in [-0.15, -0.1) is 0 Å². The molecule has 0 radical (unpaired) electrons. The van der Waals surface area contributed by atoms with Crippen molar-refractivity contribution in [3.05, 3.63) is 35.4 Å². The van der Waals surface area contributed by atoms with E-state index in [0.29, 0.717) is 25.2 Å². The number of nitrogens with zero attached hydrogens (tertiary/aromatic N) is 1. The average Bonchev–Trinajstić information content (AvgIpc) is 3.14. The van der Waals surface area contributed by atoms with Crippen LogP contribution in [0.2, 0.25) is 0 Å². The Morgan fingerprint density at radius 3 is 2.36 bits per heavy atom. The minimum absolute atomic E-state index is 0.326. The van der Waals surface area contributed by atoms with Gasteiger partial charge < -0.3 is 24.2 Å². The summed E-state index contributed by atoms with van der Waals surface area (Å²) in [5.41, 5.74) is 1.31. The highest BCUT2D eigenvalue weighted by Gasteiger charge is 2.39. The maximum absolute atomic E-state index is 12.1. The number of carbonyl (C=O) groups is 2. The van der Waals surface area contributed by atoms with E-state index >= 15 is 0 Å². The fourth-order valence-electron chi connectivity index (χ4n) is 3.38. The van der Waals surface area contributed by atoms with Gasteiger partial charge in [-0.2, -0.15) is 0 Å². The van der Waals surface area contributed by atoms with Crippen LogP contribution in [0.1, 0.15) is 38.7 Å². The fourth-order valence-corrected chi connectivity index (χ4v) is 3.38. The molecular weight excluding hydrogens is 362 g/mol. The molecule has 1 unspecified atom stereocenters. The molecule has 0 aliphatic carbocycles. The van der Waals surface area contributed by atoms with Crippen LogP contribution in [-0.4, -0.2) is 55.2 Å². The van der Waals surface area contributed by atoms with Gasteiger partial charge in [0.05, 0.1) is 19.3 Å². The Hall–Kier alpha value is -2.38. The lowest BCUT2D eigenvalue weighted by atomic mass is 10.0. The molecule has 2 aliphatic rings. The number of carbonyl (C=O) groups excluding carboxylic acids is 1. The van der Waals surface area contributed by atoms with Crippen molar-refractivity contribution in [2.24, 2.45) is 0 Å². The third-order valence-corrected chi connectivity index (χ3v) is 5.24. The Morgan fingerprint density at radius 1 is 1.21 bits per heavy atom. The van der Waals surface area contributed by atoms with Crippen molar-refractivity contribution in [1.82, 2.24) is 0 Å². The summed E-state index contributed by atoms with van der Waals surface area (Å²) in [6, 6.07) is 7.48. The minimum Gasteiger partial charge on any atom is -0.477 e. The van der Waals surface area contributed by atoms with E-state index in [9.17, 15) is 14.7 Å². The number of carboxylic acid groups (broad SMARTS) is 1. The molecular formula is C21H27NO6. The molecule has 1 atom stereocenters. The first kappa shape index (κ1) is 20.4. The highest BCUT2D eigenvalue weighted by atomic mass is 16.7. The summed E-state index contributed by atoms with van der Waals surface area (Å²) in [7, 11) is 0. The van der Waals surface area contributed by atoms with Crippen molar-refractivity contribution in [1.29, 1.82) is 0 Å². The van der Waals surface area contributed by atoms with E-state index in [1.807, 2.05) is 31.2 Å². The number of piperidine rings is 1. The molecule has 0 saturated carbocycles. The van der Waals surface area contributed by atoms with Gasteiger partial charge in [0.25, 0.3) is 0 Å². The Balaban J connectivity index is 1.66. The number of hydrogen-bond acceptors (Lipinski definition) is 6. The first-order valence-corrected chi connectivity index (χ1v) is 9.71. The predicted molar refractivity (Wildman–Crippen MR) is 104 cm³/mol. The van der Waals surface area contributed by atoms with Crippen molar-refractivity contribution in [2.45, 2.75) is 45.0 Å². The zero-order chi connectivity index (χ0) is 20.1. The third kappa shape index (κ3) is 4.72. The van der Waals surface area contributed by atoms with Gasteiger partial charge >= 0.3 is 11.9 Å². The lowest BCUT2D eigenvalue weighted by molar-refractivity contribution is -0.169. The molecule has 7 heteroatoms. The van der Waals surface area contributed by atoms with Crippen LogP contribution in [0.4, 0.5) is 5.69 Å². The van der Waals surface area contributed by atoms with Gasteiger partial charge in [-0.05, 0) is 37.1 Å². The van der Waals surface area contributed by atoms with E-state index in [-0.39, 0.29) is 11.7 Å². The Kier molecular flexibility index (Phi) is 6.36. The Morgan fingerprint density at radius 2 is 1.82 bits per heavy atom. The van der Waals surface area contributed by atoms with Gasteiger partial charge in [0.15, 0.2) is 5.79 Å². The van der Waals surface area contributed by atoms with Crippen molar-refractivity contribution in [2.75, 3.05) is 31.2 Å². The van der Waals surface area contributed by atoms with E-state index in [1.165, 1.54) is 6.08 Å². The zero-order valence-corrected chi connectivity index (χ0v) is 16.3. The van der Waals surface area contributed by atoms with Crippen LogP contribution in [0.5, 0.6) is 0 Å². The summed E-state index contributed by atoms with van der Waals surface area (Å²) in [6.07, 6.45) is 3.29. The molecule has 7 nitrogen and oxygen atoms in total. The third-order valence-electron chi connectivity index (χ3n) is 5.24. The number of rotatable bonds is 6. The normalized spacial score (nSPS) is 20.2. The maximum Gasteiger partial charge on any atom is 0.345 e. The van der Waals surface area contributed by atoms with Gasteiger partial charge in [-0.1, -0.05) is 19.1 Å². The van der Waals surface area contributed by atoms with Gasteiger partial charge in [0.2, 0.25) is 0 Å². The molecule has 1 spiro atoms. The molecule has 2 saturated heterocycles. The van der Waals surface area contributed by atoms with Gasteiger partial charge in [0.1, 0.15) is 5.57 Å². The largest absolute Gasteiger partial charge is 0.477 e. The second-order valence-electron chi connectivity index (χ2n) is 7.17. The number of ether oxygens (including phenoxy) is 3. The molecule has 3 rings (SSSR count). The number of benzene rings is 1. The smallest absolute Gasteiger partial charge is 0.345 e. The SMILES string of the molecule is CCC(C)OC(=O)C(=Cc1ccc(N2CCC3(CC2)OCCO3)cc1)C(=O)O. The standard InChI is InChI=1S/C21H27NO6/c1-3-15(2)28-20(25)18(19(23)24)14-16-4-6-17(7-5-16)22-10-8-21(9-11-22)26-12-13-27-21/h4-7,14-15H,3,8-13H2,1-2H3,(H,23,24). The van der Waals surface area contributed by atoms with Crippen molar-refractivity contribution in [3.63, 3.8) is 0 Å². The second-order valence-corrected chi connectivity index (χ2v) is 7.17. The zero-order valence-electron chi connectivity index (χ0n) is 16.3. The molecule has 1 aromatic rings. The summed E-state index contributed by atoms with van der Waals surface area (Å²) >= 11 is 0. The summed E-state index contributed by atoms with van der Waals surface area (Å²) < 4.78 is 16.6. The summed E-state index contributed by atoms with van der Waals surface area (Å²) in [5.74, 6) is -2.52. The van der Waals surface area contributed by atoms with Gasteiger partial charge in [-0.25, -0.2) is 9.59 Å². The minimum atomic E-state index is -1.30. The van der Waals surface area contributed by atoms with Crippen LogP contribution in [0, 0.1) is 0 Å². The van der Waals surface area contributed by atoms with Crippen LogP contribution in [-0.2, 0) is 23.8 Å². The van der Waals surface area contributed by atoms with E-state index in [2.05, 4.69) is 4.90 Å². The average molecular weight is 389 g/mol. The first-order chi connectivity index (χ1) is 13.4. The highest BCUT2D eigenvalue weighted by Crippen LogP contribution is 2.33. The van der Waals surface area contributed by atoms with E-state index < -0.39 is 17.7 Å². The highest BCUT2D eigenvalue weighted by molar-refractivity contribution is 6.17. The molecule has 0 aromatic heterocycles. The quantitative estimate of drug-likeness (QED) is 0.347. The first-order valence-electron chi connectivity index (χ1n) is 9.71. The number of anilines is 1. The van der Waals surface area contributed by atoms with Crippen LogP contribution >= 0.6 is 0 Å². The molecule has 0 amide bonds. The van der Waals surface area contributed by atoms with Crippen molar-refractivity contribution in [3.8, 4) is 0 Å². The molecule has 0 bridgehead atoms. The molecule has 2 fully saturated rings. The van der Waals surface area contributed by atoms with Crippen LogP contribution in [0.15, 0.2) is 29.8 Å². The van der Waals surface area contributed by atoms with Crippen molar-refractivity contribution < 1.29 is 28.9 Å². The van der Waals surface area contributed by atoms with E-state index in [4.69, 9.17) is 14.2 Å². The molecule has 2 heterocycles. The molecule has 1 N–H and O–H groups in total.